The smallest absolute Gasteiger partial charge is 0.231 e. The summed E-state index contributed by atoms with van der Waals surface area (Å²) in [6, 6.07) is 21.7. The van der Waals surface area contributed by atoms with Crippen LogP contribution in [0.4, 0.5) is 0 Å². The fourth-order valence-corrected chi connectivity index (χ4v) is 7.08. The summed E-state index contributed by atoms with van der Waals surface area (Å²) in [4.78, 5) is 1.55. The van der Waals surface area contributed by atoms with Gasteiger partial charge in [0.1, 0.15) is 0 Å². The third-order valence-electron chi connectivity index (χ3n) is 8.96. The molecule has 0 bridgehead atoms. The molecule has 0 radical (unpaired) electrons. The van der Waals surface area contributed by atoms with Crippen LogP contribution in [0.25, 0.3) is 27.9 Å². The molecule has 3 aromatic carbocycles. The number of halogens is 1. The Labute approximate surface area is 272 Å². The van der Waals surface area contributed by atoms with E-state index in [0.717, 1.165) is 6.42 Å². The molecular formula is C40H52ClNS. The first-order chi connectivity index (χ1) is 19.3. The van der Waals surface area contributed by atoms with Gasteiger partial charge < -0.3 is 12.4 Å². The summed E-state index contributed by atoms with van der Waals surface area (Å²) < 4.78 is 2.55. The van der Waals surface area contributed by atoms with Crippen LogP contribution in [0.1, 0.15) is 122 Å². The lowest BCUT2D eigenvalue weighted by atomic mass is 9.77. The van der Waals surface area contributed by atoms with Gasteiger partial charge in [0.05, 0.1) is 16.0 Å². The van der Waals surface area contributed by atoms with Crippen molar-refractivity contribution in [3.8, 4) is 27.9 Å². The van der Waals surface area contributed by atoms with Crippen molar-refractivity contribution in [2.24, 2.45) is 0 Å². The van der Waals surface area contributed by atoms with E-state index in [2.05, 4.69) is 148 Å². The van der Waals surface area contributed by atoms with Crippen LogP contribution in [0, 0.1) is 0 Å². The van der Waals surface area contributed by atoms with Crippen LogP contribution in [0.2, 0.25) is 0 Å². The summed E-state index contributed by atoms with van der Waals surface area (Å²) in [5.74, 6) is 0. The molecule has 0 unspecified atom stereocenters. The normalized spacial score (nSPS) is 14.0. The van der Waals surface area contributed by atoms with Crippen molar-refractivity contribution in [2.45, 2.75) is 124 Å². The zero-order valence-corrected chi connectivity index (χ0v) is 30.2. The highest BCUT2D eigenvalue weighted by Crippen LogP contribution is 2.41. The van der Waals surface area contributed by atoms with Crippen LogP contribution in [-0.4, -0.2) is 0 Å². The van der Waals surface area contributed by atoms with E-state index in [9.17, 15) is 0 Å². The summed E-state index contributed by atoms with van der Waals surface area (Å²) in [6.07, 6.45) is 3.60. The second kappa shape index (κ2) is 11.5. The molecule has 43 heavy (non-hydrogen) atoms. The Kier molecular flexibility index (Phi) is 8.95. The van der Waals surface area contributed by atoms with Gasteiger partial charge in [0, 0.05) is 6.42 Å². The zero-order valence-electron chi connectivity index (χ0n) is 28.6. The summed E-state index contributed by atoms with van der Waals surface area (Å²) in [5, 5.41) is 0. The fraction of sp³-hybridized carbons (Fsp3) is 0.475. The minimum Gasteiger partial charge on any atom is -1.00 e. The number of aromatic nitrogens is 1. The molecule has 0 N–H and O–H groups in total. The van der Waals surface area contributed by atoms with E-state index in [-0.39, 0.29) is 34.1 Å². The molecule has 0 saturated carbocycles. The lowest BCUT2D eigenvalue weighted by Crippen LogP contribution is -3.00. The Bertz CT molecular complexity index is 1470. The molecule has 0 spiro atoms. The molecule has 1 aromatic heterocycles. The van der Waals surface area contributed by atoms with E-state index in [1.807, 2.05) is 11.3 Å². The molecule has 0 fully saturated rings. The molecule has 5 rings (SSSR count). The molecule has 1 aliphatic rings. The van der Waals surface area contributed by atoms with Crippen LogP contribution in [0.3, 0.4) is 0 Å². The Morgan fingerprint density at radius 3 is 1.33 bits per heavy atom. The van der Waals surface area contributed by atoms with Crippen LogP contribution in [0.5, 0.6) is 0 Å². The molecular weight excluding hydrogens is 562 g/mol. The van der Waals surface area contributed by atoms with E-state index in [4.69, 9.17) is 0 Å². The highest BCUT2D eigenvalue weighted by molar-refractivity contribution is 7.09. The van der Waals surface area contributed by atoms with Gasteiger partial charge in [0.2, 0.25) is 16.9 Å². The highest BCUT2D eigenvalue weighted by atomic mass is 35.5. The Morgan fingerprint density at radius 2 is 0.953 bits per heavy atom. The van der Waals surface area contributed by atoms with E-state index in [1.54, 1.807) is 4.88 Å². The predicted molar refractivity (Wildman–Crippen MR) is 184 cm³/mol. The first-order valence-electron chi connectivity index (χ1n) is 15.8. The number of nitrogens with zero attached hydrogens (tertiary/aromatic N) is 1. The first kappa shape index (κ1) is 33.5. The van der Waals surface area contributed by atoms with Crippen LogP contribution >= 0.6 is 11.3 Å². The quantitative estimate of drug-likeness (QED) is 0.206. The van der Waals surface area contributed by atoms with Gasteiger partial charge in [-0.05, 0) is 80.0 Å². The number of hydrogen-bond donors (Lipinski definition) is 0. The van der Waals surface area contributed by atoms with Crippen LogP contribution in [-0.2, 0) is 34.5 Å². The van der Waals surface area contributed by atoms with Crippen molar-refractivity contribution in [3.63, 3.8) is 0 Å². The number of thiazole rings is 1. The average molecular weight is 614 g/mol. The number of para-hydroxylation sites is 1. The van der Waals surface area contributed by atoms with Crippen molar-refractivity contribution in [2.75, 3.05) is 0 Å². The number of hydrogen-bond acceptors (Lipinski definition) is 1. The van der Waals surface area contributed by atoms with Crippen molar-refractivity contribution in [1.82, 2.24) is 0 Å². The maximum Gasteiger partial charge on any atom is 0.231 e. The second-order valence-corrected chi connectivity index (χ2v) is 17.6. The largest absolute Gasteiger partial charge is 1.00 e. The lowest BCUT2D eigenvalue weighted by molar-refractivity contribution is -0.597. The first-order valence-corrected chi connectivity index (χ1v) is 16.7. The minimum absolute atomic E-state index is 0. The van der Waals surface area contributed by atoms with Gasteiger partial charge in [-0.1, -0.05) is 137 Å². The average Bonchev–Trinajstić information content (AvgIpc) is 3.50. The van der Waals surface area contributed by atoms with Crippen molar-refractivity contribution in [3.05, 3.63) is 92.9 Å². The number of benzene rings is 3. The monoisotopic (exact) mass is 613 g/mol. The SMILES string of the molecule is CC(C)(C)c1cc(-c2cccc(-c3cc(C(C)(C)C)cc(C(C)(C)C)c3)c2-[n+]2csc3c2CCC3)cc(C(C)(C)C)c1.[Cl-]. The zero-order chi connectivity index (χ0) is 30.8. The fourth-order valence-electron chi connectivity index (χ4n) is 6.02. The summed E-state index contributed by atoms with van der Waals surface area (Å²) in [6.45, 7) is 28.0. The molecule has 1 heterocycles. The predicted octanol–water partition coefficient (Wildman–Crippen LogP) is 8.04. The highest BCUT2D eigenvalue weighted by Gasteiger charge is 2.32. The van der Waals surface area contributed by atoms with Gasteiger partial charge in [-0.25, -0.2) is 0 Å². The molecule has 230 valence electrons. The summed E-state index contributed by atoms with van der Waals surface area (Å²) in [7, 11) is 0. The van der Waals surface area contributed by atoms with Gasteiger partial charge >= 0.3 is 0 Å². The standard InChI is InChI=1S/C40H52NS.ClH/c1-37(2,3)28-19-26(20-29(23-28)38(4,5)6)32-15-13-16-33(36(32)41-25-42-35-18-14-17-34(35)41)27-21-30(39(7,8)9)24-31(22-27)40(10,11)12;/h13,15-16,19-25H,14,17-18H2,1-12H3;1H/q+1;/p-1. The number of aryl methyl sites for hydroxylation is 1. The third kappa shape index (κ3) is 6.81. The number of rotatable bonds is 3. The summed E-state index contributed by atoms with van der Waals surface area (Å²) in [5.41, 5.74) is 16.3. The van der Waals surface area contributed by atoms with Crippen molar-refractivity contribution < 1.29 is 17.0 Å². The van der Waals surface area contributed by atoms with Crippen molar-refractivity contribution in [1.29, 1.82) is 0 Å². The van der Waals surface area contributed by atoms with Crippen molar-refractivity contribution >= 4 is 11.3 Å². The van der Waals surface area contributed by atoms with Crippen LogP contribution in [0.15, 0.2) is 60.1 Å². The van der Waals surface area contributed by atoms with Gasteiger partial charge in [-0.3, -0.25) is 0 Å². The van der Waals surface area contributed by atoms with Gasteiger partial charge in [-0.2, -0.15) is 4.57 Å². The van der Waals surface area contributed by atoms with E-state index in [1.165, 1.54) is 68.7 Å². The second-order valence-electron chi connectivity index (χ2n) is 16.6. The molecule has 1 aliphatic carbocycles. The Balaban J connectivity index is 0.00000423. The molecule has 0 atom stereocenters. The Morgan fingerprint density at radius 1 is 0.558 bits per heavy atom. The molecule has 1 nitrogen and oxygen atoms in total. The molecule has 3 heteroatoms. The maximum atomic E-state index is 2.55. The molecule has 0 amide bonds. The minimum atomic E-state index is 0. The maximum absolute atomic E-state index is 2.55. The third-order valence-corrected chi connectivity index (χ3v) is 10.0. The molecule has 0 aliphatic heterocycles. The van der Waals surface area contributed by atoms with Crippen LogP contribution < -0.4 is 17.0 Å². The number of fused-ring (bicyclic) bond motifs is 1. The topological polar surface area (TPSA) is 3.88 Å². The van der Waals surface area contributed by atoms with Gasteiger partial charge in [0.25, 0.3) is 0 Å². The Hall–Kier alpha value is -2.42. The van der Waals surface area contributed by atoms with Gasteiger partial charge in [0.15, 0.2) is 0 Å². The van der Waals surface area contributed by atoms with Gasteiger partial charge in [-0.15, -0.1) is 0 Å². The van der Waals surface area contributed by atoms with E-state index < -0.39 is 0 Å². The van der Waals surface area contributed by atoms with E-state index >= 15 is 0 Å². The molecule has 0 saturated heterocycles. The summed E-state index contributed by atoms with van der Waals surface area (Å²) >= 11 is 1.93. The van der Waals surface area contributed by atoms with E-state index in [0.29, 0.717) is 0 Å². The lowest BCUT2D eigenvalue weighted by Gasteiger charge is -2.27. The molecule has 4 aromatic rings.